The predicted molar refractivity (Wildman–Crippen MR) is 98.5 cm³/mol. The molecule has 138 valence electrons. The van der Waals surface area contributed by atoms with Crippen LogP contribution in [0.3, 0.4) is 0 Å². The van der Waals surface area contributed by atoms with Gasteiger partial charge in [-0.05, 0) is 49.3 Å². The highest BCUT2D eigenvalue weighted by Crippen LogP contribution is 2.15. The molecule has 0 radical (unpaired) electrons. The monoisotopic (exact) mass is 346 g/mol. The molecule has 1 heterocycles. The molecule has 5 heteroatoms. The van der Waals surface area contributed by atoms with Crippen LogP contribution in [0.5, 0.6) is 5.75 Å². The lowest BCUT2D eigenvalue weighted by atomic mass is 10.0. The Kier molecular flexibility index (Phi) is 7.29. The van der Waals surface area contributed by atoms with Gasteiger partial charge in [-0.15, -0.1) is 0 Å². The Balaban J connectivity index is 1.87. The van der Waals surface area contributed by atoms with Crippen molar-refractivity contribution in [3.63, 3.8) is 0 Å². The largest absolute Gasteiger partial charge is 0.497 e. The third-order valence-corrected chi connectivity index (χ3v) is 4.72. The topological polar surface area (TPSA) is 58.6 Å². The van der Waals surface area contributed by atoms with Crippen molar-refractivity contribution in [2.24, 2.45) is 5.92 Å². The molecular formula is C20H30N2O3. The van der Waals surface area contributed by atoms with Crippen LogP contribution < -0.4 is 10.1 Å². The van der Waals surface area contributed by atoms with Gasteiger partial charge in [0.2, 0.25) is 11.8 Å². The highest BCUT2D eigenvalue weighted by molar-refractivity contribution is 5.88. The molecule has 0 unspecified atom stereocenters. The lowest BCUT2D eigenvalue weighted by Gasteiger charge is -2.32. The molecular weight excluding hydrogens is 316 g/mol. The summed E-state index contributed by atoms with van der Waals surface area (Å²) in [7, 11) is 1.63. The van der Waals surface area contributed by atoms with Gasteiger partial charge < -0.3 is 15.0 Å². The zero-order chi connectivity index (χ0) is 18.2. The molecule has 0 aromatic heterocycles. The maximum absolute atomic E-state index is 12.7. The van der Waals surface area contributed by atoms with Crippen molar-refractivity contribution in [1.82, 2.24) is 10.2 Å². The molecule has 0 spiro atoms. The molecule has 1 aliphatic rings. The summed E-state index contributed by atoms with van der Waals surface area (Å²) in [5.74, 6) is 0.881. The molecule has 1 aliphatic heterocycles. The van der Waals surface area contributed by atoms with Crippen molar-refractivity contribution in [2.45, 2.75) is 52.0 Å². The van der Waals surface area contributed by atoms with Gasteiger partial charge in [0.1, 0.15) is 11.8 Å². The number of carbonyl (C=O) groups is 2. The summed E-state index contributed by atoms with van der Waals surface area (Å²) < 4.78 is 5.14. The second-order valence-electron chi connectivity index (χ2n) is 7.02. The van der Waals surface area contributed by atoms with Crippen molar-refractivity contribution in [3.05, 3.63) is 29.8 Å². The number of hydrogen-bond donors (Lipinski definition) is 1. The van der Waals surface area contributed by atoms with Crippen molar-refractivity contribution < 1.29 is 14.3 Å². The van der Waals surface area contributed by atoms with Gasteiger partial charge in [-0.3, -0.25) is 9.59 Å². The zero-order valence-corrected chi connectivity index (χ0v) is 15.6. The number of nitrogens with one attached hydrogen (secondary N) is 1. The average Bonchev–Trinajstić information content (AvgIpc) is 2.64. The van der Waals surface area contributed by atoms with Crippen molar-refractivity contribution in [2.75, 3.05) is 20.2 Å². The van der Waals surface area contributed by atoms with Gasteiger partial charge in [-0.1, -0.05) is 26.0 Å². The van der Waals surface area contributed by atoms with Crippen LogP contribution in [-0.2, 0) is 16.0 Å². The number of nitrogens with zero attached hydrogens (tertiary/aromatic N) is 1. The Hall–Kier alpha value is -2.04. The lowest BCUT2D eigenvalue weighted by Crippen LogP contribution is -2.52. The van der Waals surface area contributed by atoms with E-state index in [9.17, 15) is 9.59 Å². The van der Waals surface area contributed by atoms with Crippen molar-refractivity contribution >= 4 is 11.8 Å². The van der Waals surface area contributed by atoms with E-state index < -0.39 is 6.04 Å². The van der Waals surface area contributed by atoms with Gasteiger partial charge >= 0.3 is 0 Å². The summed E-state index contributed by atoms with van der Waals surface area (Å²) in [5, 5.41) is 2.95. The smallest absolute Gasteiger partial charge is 0.245 e. The maximum Gasteiger partial charge on any atom is 0.245 e. The number of carbonyl (C=O) groups excluding carboxylic acids is 2. The quantitative estimate of drug-likeness (QED) is 0.826. The van der Waals surface area contributed by atoms with Crippen molar-refractivity contribution in [1.29, 1.82) is 0 Å². The van der Waals surface area contributed by atoms with E-state index in [1.54, 1.807) is 7.11 Å². The Bertz CT molecular complexity index is 563. The molecule has 0 saturated carbocycles. The van der Waals surface area contributed by atoms with Crippen molar-refractivity contribution in [3.8, 4) is 5.75 Å². The number of hydrogen-bond acceptors (Lipinski definition) is 3. The number of benzene rings is 1. The third-order valence-electron chi connectivity index (χ3n) is 4.72. The second-order valence-corrected chi connectivity index (χ2v) is 7.02. The van der Waals surface area contributed by atoms with Gasteiger partial charge in [0.25, 0.3) is 0 Å². The summed E-state index contributed by atoms with van der Waals surface area (Å²) >= 11 is 0. The Morgan fingerprint density at radius 1 is 1.12 bits per heavy atom. The van der Waals surface area contributed by atoms with Gasteiger partial charge in [-0.25, -0.2) is 0 Å². The number of amides is 2. The highest BCUT2D eigenvalue weighted by Gasteiger charge is 2.29. The van der Waals surface area contributed by atoms with Gasteiger partial charge in [0.05, 0.1) is 7.11 Å². The first-order chi connectivity index (χ1) is 12.0. The van der Waals surface area contributed by atoms with E-state index in [-0.39, 0.29) is 17.7 Å². The molecule has 1 saturated heterocycles. The lowest BCUT2D eigenvalue weighted by molar-refractivity contribution is -0.138. The standard InChI is InChI=1S/C20H30N2O3/c1-15(2)19(20(24)22-13-5-4-6-14-22)21-18(23)12-9-16-7-10-17(25-3)11-8-16/h7-8,10-11,15,19H,4-6,9,12-14H2,1-3H3,(H,21,23)/t19-/m0/s1. The van der Waals surface area contributed by atoms with Crippen LogP contribution in [0, 0.1) is 5.92 Å². The molecule has 1 atom stereocenters. The number of likely N-dealkylation sites (tertiary alicyclic amines) is 1. The number of ether oxygens (including phenoxy) is 1. The van der Waals surface area contributed by atoms with Crippen LogP contribution >= 0.6 is 0 Å². The van der Waals surface area contributed by atoms with Crippen LogP contribution in [0.25, 0.3) is 0 Å². The summed E-state index contributed by atoms with van der Waals surface area (Å²) in [4.78, 5) is 27.0. The summed E-state index contributed by atoms with van der Waals surface area (Å²) in [6, 6.07) is 7.28. The summed E-state index contributed by atoms with van der Waals surface area (Å²) in [6.45, 7) is 5.58. The minimum absolute atomic E-state index is 0.0625. The molecule has 1 fully saturated rings. The number of rotatable bonds is 7. The minimum atomic E-state index is -0.429. The van der Waals surface area contributed by atoms with E-state index in [1.807, 2.05) is 43.0 Å². The van der Waals surface area contributed by atoms with E-state index in [0.717, 1.165) is 37.2 Å². The minimum Gasteiger partial charge on any atom is -0.497 e. The molecule has 1 aromatic rings. The maximum atomic E-state index is 12.7. The Labute approximate surface area is 150 Å². The molecule has 25 heavy (non-hydrogen) atoms. The summed E-state index contributed by atoms with van der Waals surface area (Å²) in [5.41, 5.74) is 1.08. The third kappa shape index (κ3) is 5.76. The first-order valence-electron chi connectivity index (χ1n) is 9.22. The molecule has 2 amide bonds. The second kappa shape index (κ2) is 9.44. The van der Waals surface area contributed by atoms with E-state index in [2.05, 4.69) is 5.32 Å². The predicted octanol–water partition coefficient (Wildman–Crippen LogP) is 2.78. The zero-order valence-electron chi connectivity index (χ0n) is 15.6. The Morgan fingerprint density at radius 2 is 1.76 bits per heavy atom. The average molecular weight is 346 g/mol. The van der Waals surface area contributed by atoms with Crippen LogP contribution in [0.4, 0.5) is 0 Å². The van der Waals surface area contributed by atoms with Gasteiger partial charge in [-0.2, -0.15) is 0 Å². The first-order valence-corrected chi connectivity index (χ1v) is 9.22. The number of methoxy groups -OCH3 is 1. The molecule has 1 aromatic carbocycles. The number of aryl methyl sites for hydroxylation is 1. The SMILES string of the molecule is COc1ccc(CCC(=O)N[C@H](C(=O)N2CCCCC2)C(C)C)cc1. The molecule has 1 N–H and O–H groups in total. The molecule has 5 nitrogen and oxygen atoms in total. The van der Waals surface area contributed by atoms with Crippen LogP contribution in [0.1, 0.15) is 45.1 Å². The van der Waals surface area contributed by atoms with E-state index in [4.69, 9.17) is 4.74 Å². The fourth-order valence-electron chi connectivity index (χ4n) is 3.12. The molecule has 0 aliphatic carbocycles. The van der Waals surface area contributed by atoms with Crippen LogP contribution in [-0.4, -0.2) is 43.0 Å². The van der Waals surface area contributed by atoms with Gasteiger partial charge in [0.15, 0.2) is 0 Å². The molecule has 0 bridgehead atoms. The normalized spacial score (nSPS) is 15.8. The molecule has 2 rings (SSSR count). The van der Waals surface area contributed by atoms with E-state index in [1.165, 1.54) is 6.42 Å². The first kappa shape index (κ1) is 19.3. The van der Waals surface area contributed by atoms with E-state index in [0.29, 0.717) is 12.8 Å². The number of piperidine rings is 1. The van der Waals surface area contributed by atoms with Crippen LogP contribution in [0.15, 0.2) is 24.3 Å². The fourth-order valence-corrected chi connectivity index (χ4v) is 3.12. The Morgan fingerprint density at radius 3 is 2.32 bits per heavy atom. The van der Waals surface area contributed by atoms with Gasteiger partial charge in [0, 0.05) is 19.5 Å². The van der Waals surface area contributed by atoms with E-state index >= 15 is 0 Å². The summed E-state index contributed by atoms with van der Waals surface area (Å²) in [6.07, 6.45) is 4.33. The fraction of sp³-hybridized carbons (Fsp3) is 0.600. The van der Waals surface area contributed by atoms with Crippen LogP contribution in [0.2, 0.25) is 0 Å². The highest BCUT2D eigenvalue weighted by atomic mass is 16.5.